The molecule has 0 spiro atoms. The number of imide groups is 1. The number of aliphatic hydroxyl groups excluding tert-OH is 1. The Morgan fingerprint density at radius 1 is 1.00 bits per heavy atom. The van der Waals surface area contributed by atoms with Crippen molar-refractivity contribution < 1.29 is 19.4 Å². The van der Waals surface area contributed by atoms with Crippen LogP contribution in [-0.4, -0.2) is 34.7 Å². The first-order valence-electron chi connectivity index (χ1n) is 10.5. The molecule has 7 nitrogen and oxygen atoms in total. The van der Waals surface area contributed by atoms with E-state index in [1.54, 1.807) is 24.3 Å². The van der Waals surface area contributed by atoms with Crippen molar-refractivity contribution in [2.45, 2.75) is 43.3 Å². The molecule has 0 saturated carbocycles. The molecule has 1 unspecified atom stereocenters. The normalized spacial score (nSPS) is 31.1. The van der Waals surface area contributed by atoms with E-state index in [-0.39, 0.29) is 31.3 Å². The van der Waals surface area contributed by atoms with Gasteiger partial charge in [-0.3, -0.25) is 9.59 Å². The number of aliphatic hydroxyl groups is 1. The van der Waals surface area contributed by atoms with Crippen LogP contribution in [0.3, 0.4) is 0 Å². The summed E-state index contributed by atoms with van der Waals surface area (Å²) in [5, 5.41) is 29.6. The number of benzene rings is 2. The molecule has 3 aliphatic rings. The lowest BCUT2D eigenvalue weighted by Crippen LogP contribution is -2.43. The number of amides is 2. The molecular weight excluding hydrogens is 394 g/mol. The van der Waals surface area contributed by atoms with Crippen LogP contribution in [0.4, 0.5) is 5.69 Å². The van der Waals surface area contributed by atoms with Crippen LogP contribution in [0.15, 0.2) is 36.4 Å². The highest BCUT2D eigenvalue weighted by Crippen LogP contribution is 2.64. The maximum atomic E-state index is 13.7. The van der Waals surface area contributed by atoms with Crippen molar-refractivity contribution in [3.8, 4) is 12.1 Å². The zero-order chi connectivity index (χ0) is 21.8. The van der Waals surface area contributed by atoms with E-state index < -0.39 is 23.0 Å². The predicted molar refractivity (Wildman–Crippen MR) is 110 cm³/mol. The van der Waals surface area contributed by atoms with Gasteiger partial charge in [0.05, 0.1) is 46.4 Å². The van der Waals surface area contributed by atoms with Crippen LogP contribution < -0.4 is 4.90 Å². The van der Waals surface area contributed by atoms with Crippen LogP contribution >= 0.6 is 0 Å². The van der Waals surface area contributed by atoms with E-state index in [0.717, 1.165) is 0 Å². The number of rotatable bonds is 5. The number of hydrogen-bond donors (Lipinski definition) is 1. The van der Waals surface area contributed by atoms with Gasteiger partial charge in [-0.25, -0.2) is 4.90 Å². The maximum Gasteiger partial charge on any atom is 0.240 e. The van der Waals surface area contributed by atoms with Crippen molar-refractivity contribution in [1.82, 2.24) is 0 Å². The summed E-state index contributed by atoms with van der Waals surface area (Å²) in [6, 6.07) is 14.8. The molecule has 1 N–H and O–H groups in total. The summed E-state index contributed by atoms with van der Waals surface area (Å²) < 4.78 is 6.38. The number of ether oxygens (including phenoxy) is 1. The average Bonchev–Trinajstić information content (AvgIpc) is 3.38. The minimum absolute atomic E-state index is 0.140. The first kappa shape index (κ1) is 19.7. The molecule has 4 atom stereocenters. The Hall–Kier alpha value is -3.26. The Balaban J connectivity index is 1.65. The lowest BCUT2D eigenvalue weighted by atomic mass is 9.65. The molecule has 156 valence electrons. The number of carbonyl (C=O) groups excluding carboxylic acids is 2. The Morgan fingerprint density at radius 3 is 2.26 bits per heavy atom. The topological polar surface area (TPSA) is 114 Å². The Morgan fingerprint density at radius 2 is 1.65 bits per heavy atom. The van der Waals surface area contributed by atoms with Crippen LogP contribution in [0.25, 0.3) is 10.8 Å². The van der Waals surface area contributed by atoms with E-state index in [1.165, 1.54) is 4.90 Å². The van der Waals surface area contributed by atoms with Crippen molar-refractivity contribution in [2.75, 3.05) is 11.5 Å². The second-order valence-corrected chi connectivity index (χ2v) is 8.62. The molecule has 31 heavy (non-hydrogen) atoms. The van der Waals surface area contributed by atoms with Gasteiger partial charge in [-0.15, -0.1) is 0 Å². The van der Waals surface area contributed by atoms with Crippen molar-refractivity contribution in [2.24, 2.45) is 11.8 Å². The zero-order valence-corrected chi connectivity index (χ0v) is 16.9. The van der Waals surface area contributed by atoms with E-state index in [2.05, 4.69) is 12.1 Å². The van der Waals surface area contributed by atoms with Gasteiger partial charge in [0, 0.05) is 30.2 Å². The molecule has 5 rings (SSSR count). The second-order valence-electron chi connectivity index (χ2n) is 8.62. The molecule has 3 aliphatic heterocycles. The Kier molecular flexibility index (Phi) is 4.37. The lowest BCUT2D eigenvalue weighted by Gasteiger charge is -2.31. The van der Waals surface area contributed by atoms with Gasteiger partial charge in [0.2, 0.25) is 11.8 Å². The smallest absolute Gasteiger partial charge is 0.240 e. The van der Waals surface area contributed by atoms with Gasteiger partial charge in [0.25, 0.3) is 0 Å². The third-order valence-corrected chi connectivity index (χ3v) is 7.28. The van der Waals surface area contributed by atoms with Gasteiger partial charge in [0.15, 0.2) is 0 Å². The fourth-order valence-corrected chi connectivity index (χ4v) is 6.03. The Labute approximate surface area is 179 Å². The summed E-state index contributed by atoms with van der Waals surface area (Å²) >= 11 is 0. The van der Waals surface area contributed by atoms with Crippen molar-refractivity contribution >= 4 is 28.3 Å². The highest BCUT2D eigenvalue weighted by molar-refractivity contribution is 6.26. The molecule has 3 saturated heterocycles. The van der Waals surface area contributed by atoms with E-state index >= 15 is 0 Å². The highest BCUT2D eigenvalue weighted by Gasteiger charge is 2.74. The van der Waals surface area contributed by atoms with Crippen molar-refractivity contribution in [3.63, 3.8) is 0 Å². The number of carbonyl (C=O) groups is 2. The van der Waals surface area contributed by atoms with Crippen LogP contribution in [0.1, 0.15) is 37.7 Å². The van der Waals surface area contributed by atoms with Crippen LogP contribution in [0.2, 0.25) is 0 Å². The molecule has 2 aromatic rings. The molecule has 3 fully saturated rings. The van der Waals surface area contributed by atoms with E-state index in [4.69, 9.17) is 10.00 Å². The molecular formula is C24H21N3O4. The van der Waals surface area contributed by atoms with Crippen molar-refractivity contribution in [3.05, 3.63) is 42.0 Å². The minimum atomic E-state index is -0.876. The number of nitrogens with zero attached hydrogens (tertiary/aromatic N) is 3. The second kappa shape index (κ2) is 6.88. The standard InChI is InChI=1S/C24H21N3O4/c25-12-3-8-23-9-10-24(31-23,11-13-28)20-19(23)21(29)27(22(20)30)18-7-6-15(14-26)16-4-1-2-5-17(16)18/h1-2,4-7,19-20,28H,3,8-11,13H2/t19-,20+,23-,24?/m1/s1. The molecule has 7 heteroatoms. The summed E-state index contributed by atoms with van der Waals surface area (Å²) in [6.07, 6.45) is 2.08. The van der Waals surface area contributed by atoms with Gasteiger partial charge < -0.3 is 9.84 Å². The van der Waals surface area contributed by atoms with Gasteiger partial charge in [-0.05, 0) is 31.4 Å². The average molecular weight is 415 g/mol. The lowest BCUT2D eigenvalue weighted by molar-refractivity contribution is -0.132. The molecule has 0 aromatic heterocycles. The van der Waals surface area contributed by atoms with E-state index in [0.29, 0.717) is 41.3 Å². The molecule has 2 bridgehead atoms. The van der Waals surface area contributed by atoms with Gasteiger partial charge >= 0.3 is 0 Å². The molecule has 3 heterocycles. The molecule has 2 amide bonds. The first-order valence-corrected chi connectivity index (χ1v) is 10.5. The monoisotopic (exact) mass is 415 g/mol. The summed E-state index contributed by atoms with van der Waals surface area (Å²) in [5.41, 5.74) is -0.782. The molecule has 0 radical (unpaired) electrons. The third kappa shape index (κ3) is 2.51. The number of nitriles is 2. The quantitative estimate of drug-likeness (QED) is 0.751. The van der Waals surface area contributed by atoms with Gasteiger partial charge in [0.1, 0.15) is 0 Å². The SMILES string of the molecule is N#CCC[C@]12CCC(CCO)(O1)[C@@H]1C(=O)N(c3ccc(C#N)c4ccccc34)C(=O)[C@@H]12. The maximum absolute atomic E-state index is 13.7. The summed E-state index contributed by atoms with van der Waals surface area (Å²) in [7, 11) is 0. The fourth-order valence-electron chi connectivity index (χ4n) is 6.03. The number of fused-ring (bicyclic) bond motifs is 6. The summed E-state index contributed by atoms with van der Waals surface area (Å²) in [5.74, 6) is -1.98. The molecule has 0 aliphatic carbocycles. The van der Waals surface area contributed by atoms with E-state index in [9.17, 15) is 20.0 Å². The van der Waals surface area contributed by atoms with E-state index in [1.807, 2.05) is 12.1 Å². The summed E-state index contributed by atoms with van der Waals surface area (Å²) in [6.45, 7) is -0.140. The summed E-state index contributed by atoms with van der Waals surface area (Å²) in [4.78, 5) is 28.7. The number of anilines is 1. The first-order chi connectivity index (χ1) is 15.0. The van der Waals surface area contributed by atoms with Gasteiger partial charge in [-0.2, -0.15) is 10.5 Å². The van der Waals surface area contributed by atoms with Crippen LogP contribution in [-0.2, 0) is 14.3 Å². The highest BCUT2D eigenvalue weighted by atomic mass is 16.5. The molecule has 2 aromatic carbocycles. The fraction of sp³-hybridized carbons (Fsp3) is 0.417. The largest absolute Gasteiger partial charge is 0.396 e. The predicted octanol–water partition coefficient (Wildman–Crippen LogP) is 2.80. The third-order valence-electron chi connectivity index (χ3n) is 7.28. The van der Waals surface area contributed by atoms with Crippen LogP contribution in [0, 0.1) is 34.5 Å². The van der Waals surface area contributed by atoms with Gasteiger partial charge in [-0.1, -0.05) is 24.3 Å². The minimum Gasteiger partial charge on any atom is -0.396 e. The zero-order valence-electron chi connectivity index (χ0n) is 16.9. The number of hydrogen-bond acceptors (Lipinski definition) is 6. The Bertz CT molecular complexity index is 1200. The van der Waals surface area contributed by atoms with Crippen molar-refractivity contribution in [1.29, 1.82) is 10.5 Å². The van der Waals surface area contributed by atoms with Crippen LogP contribution in [0.5, 0.6) is 0 Å².